The third kappa shape index (κ3) is 6.21. The Morgan fingerprint density at radius 1 is 1.00 bits per heavy atom. The first-order valence-corrected chi connectivity index (χ1v) is 11.9. The number of benzene rings is 3. The predicted octanol–water partition coefficient (Wildman–Crippen LogP) is 4.20. The second-order valence-electron chi connectivity index (χ2n) is 7.72. The van der Waals surface area contributed by atoms with E-state index in [0.717, 1.165) is 11.1 Å². The van der Waals surface area contributed by atoms with Gasteiger partial charge in [0.05, 0.1) is 21.1 Å². The van der Waals surface area contributed by atoms with E-state index in [1.807, 2.05) is 19.9 Å². The third-order valence-electron chi connectivity index (χ3n) is 5.23. The second-order valence-corrected chi connectivity index (χ2v) is 9.40. The average molecular weight is 498 g/mol. The Bertz CT molecular complexity index is 1390. The van der Waals surface area contributed by atoms with Gasteiger partial charge in [-0.2, -0.15) is 0 Å². The molecule has 0 aliphatic rings. The number of non-ortho nitro benzene ring substituents is 1. The molecule has 1 amide bonds. The summed E-state index contributed by atoms with van der Waals surface area (Å²) in [5, 5.41) is 13.3. The summed E-state index contributed by atoms with van der Waals surface area (Å²) in [6.07, 6.45) is -1.21. The SMILES string of the molecule is Cc1cccc(NS(=O)(=O)c2ccc(C(=O)OC(C)C(=O)Nc3cccc([N+](=O)[O-])c3)cc2)c1C. The number of nitro groups is 1. The van der Waals surface area contributed by atoms with Gasteiger partial charge in [0.1, 0.15) is 0 Å². The van der Waals surface area contributed by atoms with E-state index in [-0.39, 0.29) is 21.8 Å². The van der Waals surface area contributed by atoms with Crippen molar-refractivity contribution in [3.8, 4) is 0 Å². The smallest absolute Gasteiger partial charge is 0.338 e. The zero-order valence-electron chi connectivity index (χ0n) is 19.1. The Morgan fingerprint density at radius 3 is 2.31 bits per heavy atom. The summed E-state index contributed by atoms with van der Waals surface area (Å²) in [7, 11) is -3.89. The van der Waals surface area contributed by atoms with Crippen LogP contribution in [-0.4, -0.2) is 31.3 Å². The van der Waals surface area contributed by atoms with Crippen molar-refractivity contribution in [1.29, 1.82) is 0 Å². The van der Waals surface area contributed by atoms with E-state index < -0.39 is 32.9 Å². The minimum absolute atomic E-state index is 0.0469. The second kappa shape index (κ2) is 10.3. The molecule has 3 rings (SSSR count). The van der Waals surface area contributed by atoms with Crippen molar-refractivity contribution in [1.82, 2.24) is 0 Å². The first kappa shape index (κ1) is 25.4. The fourth-order valence-corrected chi connectivity index (χ4v) is 4.18. The van der Waals surface area contributed by atoms with Crippen LogP contribution in [-0.2, 0) is 19.6 Å². The molecule has 0 radical (unpaired) electrons. The van der Waals surface area contributed by atoms with E-state index in [0.29, 0.717) is 5.69 Å². The molecule has 182 valence electrons. The maximum atomic E-state index is 12.7. The Hall–Kier alpha value is -4.25. The van der Waals surface area contributed by atoms with Crippen LogP contribution < -0.4 is 10.0 Å². The van der Waals surface area contributed by atoms with Crippen LogP contribution in [0.2, 0.25) is 0 Å². The van der Waals surface area contributed by atoms with Crippen LogP contribution >= 0.6 is 0 Å². The molecule has 11 heteroatoms. The molecular weight excluding hydrogens is 474 g/mol. The van der Waals surface area contributed by atoms with E-state index in [4.69, 9.17) is 4.74 Å². The summed E-state index contributed by atoms with van der Waals surface area (Å²) >= 11 is 0. The third-order valence-corrected chi connectivity index (χ3v) is 6.61. The highest BCUT2D eigenvalue weighted by Crippen LogP contribution is 2.22. The van der Waals surface area contributed by atoms with Gasteiger partial charge in [0.25, 0.3) is 21.6 Å². The number of carbonyl (C=O) groups is 2. The van der Waals surface area contributed by atoms with Crippen molar-refractivity contribution in [2.45, 2.75) is 31.8 Å². The number of esters is 1. The molecule has 0 saturated heterocycles. The number of anilines is 2. The van der Waals surface area contributed by atoms with Gasteiger partial charge < -0.3 is 10.1 Å². The molecule has 0 spiro atoms. The summed E-state index contributed by atoms with van der Waals surface area (Å²) < 4.78 is 33.1. The lowest BCUT2D eigenvalue weighted by atomic mass is 10.1. The molecular formula is C24H23N3O7S. The van der Waals surface area contributed by atoms with Gasteiger partial charge >= 0.3 is 5.97 Å². The molecule has 3 aromatic carbocycles. The van der Waals surface area contributed by atoms with Crippen LogP contribution in [0.15, 0.2) is 71.6 Å². The number of amides is 1. The van der Waals surface area contributed by atoms with Gasteiger partial charge in [0.2, 0.25) is 0 Å². The van der Waals surface area contributed by atoms with Gasteiger partial charge in [0.15, 0.2) is 6.10 Å². The number of carbonyl (C=O) groups excluding carboxylic acids is 2. The highest BCUT2D eigenvalue weighted by molar-refractivity contribution is 7.92. The van der Waals surface area contributed by atoms with Crippen molar-refractivity contribution < 1.29 is 27.7 Å². The van der Waals surface area contributed by atoms with E-state index >= 15 is 0 Å². The molecule has 0 bridgehead atoms. The van der Waals surface area contributed by atoms with Crippen molar-refractivity contribution in [3.05, 3.63) is 93.5 Å². The number of hydrogen-bond donors (Lipinski definition) is 2. The van der Waals surface area contributed by atoms with Crippen LogP contribution in [0.4, 0.5) is 17.1 Å². The van der Waals surface area contributed by atoms with Gasteiger partial charge in [0, 0.05) is 17.8 Å². The Morgan fingerprint density at radius 2 is 1.66 bits per heavy atom. The minimum Gasteiger partial charge on any atom is -0.449 e. The number of hydrogen-bond acceptors (Lipinski definition) is 7. The first-order valence-electron chi connectivity index (χ1n) is 10.4. The van der Waals surface area contributed by atoms with E-state index in [1.165, 1.54) is 55.5 Å². The van der Waals surface area contributed by atoms with Crippen LogP contribution in [0.5, 0.6) is 0 Å². The van der Waals surface area contributed by atoms with Crippen LogP contribution in [0.3, 0.4) is 0 Å². The minimum atomic E-state index is -3.89. The molecule has 2 N–H and O–H groups in total. The van der Waals surface area contributed by atoms with Crippen LogP contribution in [0.25, 0.3) is 0 Å². The molecule has 1 atom stereocenters. The molecule has 0 aliphatic heterocycles. The number of aryl methyl sites for hydroxylation is 1. The summed E-state index contributed by atoms with van der Waals surface area (Å²) in [5.41, 5.74) is 2.22. The van der Waals surface area contributed by atoms with Gasteiger partial charge in [-0.1, -0.05) is 18.2 Å². The predicted molar refractivity (Wildman–Crippen MR) is 130 cm³/mol. The first-order chi connectivity index (χ1) is 16.5. The lowest BCUT2D eigenvalue weighted by molar-refractivity contribution is -0.384. The normalized spacial score (nSPS) is 11.9. The number of nitrogens with one attached hydrogen (secondary N) is 2. The summed E-state index contributed by atoms with van der Waals surface area (Å²) in [6, 6.07) is 15.7. The van der Waals surface area contributed by atoms with Crippen LogP contribution in [0.1, 0.15) is 28.4 Å². The molecule has 0 aliphatic carbocycles. The topological polar surface area (TPSA) is 145 Å². The lowest BCUT2D eigenvalue weighted by Gasteiger charge is -2.14. The zero-order valence-corrected chi connectivity index (χ0v) is 20.0. The van der Waals surface area contributed by atoms with Crippen LogP contribution in [0, 0.1) is 24.0 Å². The van der Waals surface area contributed by atoms with Crippen molar-refractivity contribution in [3.63, 3.8) is 0 Å². The Labute approximate surface area is 202 Å². The standard InChI is InChI=1S/C24H23N3O7S/c1-15-6-4-9-22(16(15)2)26-35(32,33)21-12-10-18(11-13-21)24(29)34-17(3)23(28)25-19-7-5-8-20(14-19)27(30)31/h4-14,17,26H,1-3H3,(H,25,28). The van der Waals surface area contributed by atoms with Gasteiger partial charge in [-0.3, -0.25) is 19.6 Å². The summed E-state index contributed by atoms with van der Waals surface area (Å²) in [5.74, 6) is -1.52. The highest BCUT2D eigenvalue weighted by atomic mass is 32.2. The maximum absolute atomic E-state index is 12.7. The van der Waals surface area contributed by atoms with Gasteiger partial charge in [-0.05, 0) is 68.3 Å². The highest BCUT2D eigenvalue weighted by Gasteiger charge is 2.21. The van der Waals surface area contributed by atoms with E-state index in [9.17, 15) is 28.1 Å². The molecule has 0 fully saturated rings. The summed E-state index contributed by atoms with van der Waals surface area (Å²) in [6.45, 7) is 5.03. The molecule has 0 aromatic heterocycles. The largest absolute Gasteiger partial charge is 0.449 e. The Balaban J connectivity index is 1.65. The molecule has 35 heavy (non-hydrogen) atoms. The zero-order chi connectivity index (χ0) is 25.8. The number of nitro benzene ring substituents is 1. The number of sulfonamides is 1. The molecule has 10 nitrogen and oxygen atoms in total. The van der Waals surface area contributed by atoms with Gasteiger partial charge in [-0.25, -0.2) is 13.2 Å². The van der Waals surface area contributed by atoms with Crippen molar-refractivity contribution in [2.75, 3.05) is 10.0 Å². The number of nitrogens with zero attached hydrogens (tertiary/aromatic N) is 1. The van der Waals surface area contributed by atoms with Crippen molar-refractivity contribution >= 4 is 39.0 Å². The van der Waals surface area contributed by atoms with E-state index in [2.05, 4.69) is 10.0 Å². The molecule has 0 saturated carbocycles. The molecule has 1 unspecified atom stereocenters. The lowest BCUT2D eigenvalue weighted by Crippen LogP contribution is -2.30. The quantitative estimate of drug-likeness (QED) is 0.270. The maximum Gasteiger partial charge on any atom is 0.338 e. The fourth-order valence-electron chi connectivity index (χ4n) is 3.06. The number of rotatable bonds is 8. The fraction of sp³-hybridized carbons (Fsp3) is 0.167. The van der Waals surface area contributed by atoms with Gasteiger partial charge in [-0.15, -0.1) is 0 Å². The van der Waals surface area contributed by atoms with Crippen molar-refractivity contribution in [2.24, 2.45) is 0 Å². The average Bonchev–Trinajstić information content (AvgIpc) is 2.82. The summed E-state index contributed by atoms with van der Waals surface area (Å²) in [4.78, 5) is 35.0. The van der Waals surface area contributed by atoms with E-state index in [1.54, 1.807) is 12.1 Å². The Kier molecular flexibility index (Phi) is 7.50. The monoisotopic (exact) mass is 497 g/mol. The molecule has 3 aromatic rings. The number of ether oxygens (including phenoxy) is 1. The molecule has 0 heterocycles.